The molecule has 0 heteroatoms. The van der Waals surface area contributed by atoms with Gasteiger partial charge in [0.1, 0.15) is 0 Å². The van der Waals surface area contributed by atoms with Crippen LogP contribution in [0, 0.1) is 17.3 Å². The first-order valence-corrected chi connectivity index (χ1v) is 14.2. The number of hydrogen-bond acceptors (Lipinski definition) is 0. The molecule has 0 bridgehead atoms. The second-order valence-corrected chi connectivity index (χ2v) is 10.9. The van der Waals surface area contributed by atoms with Gasteiger partial charge >= 0.3 is 0 Å². The summed E-state index contributed by atoms with van der Waals surface area (Å²) in [5, 5.41) is 0. The minimum absolute atomic E-state index is 0.427. The lowest BCUT2D eigenvalue weighted by molar-refractivity contribution is 0.127. The molecule has 0 nitrogen and oxygen atoms in total. The van der Waals surface area contributed by atoms with E-state index in [-0.39, 0.29) is 0 Å². The summed E-state index contributed by atoms with van der Waals surface area (Å²) < 4.78 is 0. The van der Waals surface area contributed by atoms with E-state index in [0.29, 0.717) is 5.41 Å². The van der Waals surface area contributed by atoms with Crippen LogP contribution >= 0.6 is 0 Å². The summed E-state index contributed by atoms with van der Waals surface area (Å²) in [5.41, 5.74) is 3.25. The van der Waals surface area contributed by atoms with E-state index in [4.69, 9.17) is 0 Å². The van der Waals surface area contributed by atoms with Crippen LogP contribution in [0.3, 0.4) is 0 Å². The Kier molecular flexibility index (Phi) is 11.1. The Morgan fingerprint density at radius 2 is 1.41 bits per heavy atom. The van der Waals surface area contributed by atoms with Crippen molar-refractivity contribution in [1.29, 1.82) is 0 Å². The quantitative estimate of drug-likeness (QED) is 0.255. The number of unbranched alkanes of at least 4 members (excludes halogenated alkanes) is 8. The van der Waals surface area contributed by atoms with Crippen LogP contribution in [0.4, 0.5) is 0 Å². The summed E-state index contributed by atoms with van der Waals surface area (Å²) in [6.07, 6.45) is 32.0. The zero-order valence-corrected chi connectivity index (χ0v) is 21.3. The second-order valence-electron chi connectivity index (χ2n) is 10.9. The van der Waals surface area contributed by atoms with E-state index in [1.165, 1.54) is 120 Å². The molecule has 0 amide bonds. The molecule has 178 valence electrons. The van der Waals surface area contributed by atoms with Gasteiger partial charge in [-0.25, -0.2) is 0 Å². The SMILES string of the molecule is CCCCCCCCCC1([C@H]2CC[C@H](CCCCC)CC2)C=CC(c2ccccc2)=CC1. The van der Waals surface area contributed by atoms with Crippen molar-refractivity contribution in [1.82, 2.24) is 0 Å². The Bertz CT molecular complexity index is 673. The molecule has 0 aromatic heterocycles. The molecule has 3 rings (SSSR count). The highest BCUT2D eigenvalue weighted by Gasteiger charge is 2.38. The molecule has 0 radical (unpaired) electrons. The van der Waals surface area contributed by atoms with E-state index >= 15 is 0 Å². The monoisotopic (exact) mass is 434 g/mol. The third kappa shape index (κ3) is 7.64. The average Bonchev–Trinajstić information content (AvgIpc) is 2.85. The van der Waals surface area contributed by atoms with Gasteiger partial charge in [-0.2, -0.15) is 0 Å². The van der Waals surface area contributed by atoms with Gasteiger partial charge in [-0.1, -0.05) is 146 Å². The van der Waals surface area contributed by atoms with Gasteiger partial charge in [-0.3, -0.25) is 0 Å². The predicted octanol–water partition coefficient (Wildman–Crippen LogP) is 10.5. The molecule has 1 fully saturated rings. The standard InChI is InChI=1S/C32H50/c1-3-5-7-8-9-10-15-25-32(31-21-19-28(20-22-31)16-12-6-4-2)26-23-30(24-27-32)29-17-13-11-14-18-29/h11,13-14,17-18,23-24,26,28,31H,3-10,12,15-16,19-22,25,27H2,1-2H3/t28-,31-,32?. The zero-order chi connectivity index (χ0) is 22.5. The van der Waals surface area contributed by atoms with Crippen LogP contribution in [0.2, 0.25) is 0 Å². The summed E-state index contributed by atoms with van der Waals surface area (Å²) in [7, 11) is 0. The average molecular weight is 435 g/mol. The van der Waals surface area contributed by atoms with Gasteiger partial charge in [-0.15, -0.1) is 0 Å². The molecule has 2 aliphatic rings. The first-order chi connectivity index (χ1) is 15.8. The zero-order valence-electron chi connectivity index (χ0n) is 21.3. The van der Waals surface area contributed by atoms with Crippen molar-refractivity contribution in [3.8, 4) is 0 Å². The van der Waals surface area contributed by atoms with Crippen LogP contribution in [-0.4, -0.2) is 0 Å². The Balaban J connectivity index is 1.57. The molecule has 0 saturated heterocycles. The molecule has 2 aliphatic carbocycles. The summed E-state index contributed by atoms with van der Waals surface area (Å²) in [6.45, 7) is 4.64. The Labute approximate surface area is 200 Å². The van der Waals surface area contributed by atoms with Crippen molar-refractivity contribution in [3.05, 3.63) is 54.1 Å². The van der Waals surface area contributed by atoms with Crippen molar-refractivity contribution >= 4 is 5.57 Å². The highest BCUT2D eigenvalue weighted by atomic mass is 14.4. The van der Waals surface area contributed by atoms with Gasteiger partial charge < -0.3 is 0 Å². The van der Waals surface area contributed by atoms with Gasteiger partial charge in [0.25, 0.3) is 0 Å². The summed E-state index contributed by atoms with van der Waals surface area (Å²) in [4.78, 5) is 0. The van der Waals surface area contributed by atoms with Crippen LogP contribution < -0.4 is 0 Å². The van der Waals surface area contributed by atoms with E-state index in [1.54, 1.807) is 0 Å². The maximum atomic E-state index is 2.68. The van der Waals surface area contributed by atoms with Crippen molar-refractivity contribution in [3.63, 3.8) is 0 Å². The smallest absolute Gasteiger partial charge is 0.00519 e. The Morgan fingerprint density at radius 1 is 0.750 bits per heavy atom. The molecular weight excluding hydrogens is 384 g/mol. The summed E-state index contributed by atoms with van der Waals surface area (Å²) in [6, 6.07) is 11.0. The number of hydrogen-bond donors (Lipinski definition) is 0. The maximum Gasteiger partial charge on any atom is -0.00519 e. The predicted molar refractivity (Wildman–Crippen MR) is 143 cm³/mol. The first kappa shape index (κ1) is 25.3. The second kappa shape index (κ2) is 14.1. The van der Waals surface area contributed by atoms with Crippen molar-refractivity contribution in [2.75, 3.05) is 0 Å². The topological polar surface area (TPSA) is 0 Å². The summed E-state index contributed by atoms with van der Waals surface area (Å²) >= 11 is 0. The maximum absolute atomic E-state index is 2.68. The van der Waals surface area contributed by atoms with Gasteiger partial charge in [0.2, 0.25) is 0 Å². The minimum atomic E-state index is 0.427. The Morgan fingerprint density at radius 3 is 2.06 bits per heavy atom. The molecule has 1 aromatic carbocycles. The minimum Gasteiger partial charge on any atom is -0.0771 e. The van der Waals surface area contributed by atoms with E-state index in [1.807, 2.05) is 0 Å². The highest BCUT2D eigenvalue weighted by Crippen LogP contribution is 2.50. The lowest BCUT2D eigenvalue weighted by atomic mass is 9.61. The third-order valence-corrected chi connectivity index (χ3v) is 8.53. The third-order valence-electron chi connectivity index (χ3n) is 8.53. The molecule has 1 saturated carbocycles. The van der Waals surface area contributed by atoms with Gasteiger partial charge in [-0.05, 0) is 54.1 Å². The lowest BCUT2D eigenvalue weighted by Gasteiger charge is -2.44. The number of rotatable bonds is 14. The fraction of sp³-hybridized carbons (Fsp3) is 0.688. The fourth-order valence-electron chi connectivity index (χ4n) is 6.35. The molecular formula is C32H50. The molecule has 0 N–H and O–H groups in total. The lowest BCUT2D eigenvalue weighted by Crippen LogP contribution is -2.33. The van der Waals surface area contributed by atoms with Gasteiger partial charge in [0.05, 0.1) is 0 Å². The first-order valence-electron chi connectivity index (χ1n) is 14.2. The molecule has 32 heavy (non-hydrogen) atoms. The molecule has 0 heterocycles. The Hall–Kier alpha value is -1.30. The number of allylic oxidation sites excluding steroid dienone is 4. The van der Waals surface area contributed by atoms with Gasteiger partial charge in [0, 0.05) is 0 Å². The van der Waals surface area contributed by atoms with Crippen molar-refractivity contribution in [2.24, 2.45) is 17.3 Å². The van der Waals surface area contributed by atoms with Crippen LogP contribution in [-0.2, 0) is 0 Å². The van der Waals surface area contributed by atoms with Crippen molar-refractivity contribution in [2.45, 2.75) is 123 Å². The molecule has 1 aromatic rings. The molecule has 1 atom stereocenters. The van der Waals surface area contributed by atoms with E-state index in [9.17, 15) is 0 Å². The van der Waals surface area contributed by atoms with Crippen LogP contribution in [0.25, 0.3) is 5.57 Å². The van der Waals surface area contributed by atoms with Crippen molar-refractivity contribution < 1.29 is 0 Å². The van der Waals surface area contributed by atoms with E-state index < -0.39 is 0 Å². The van der Waals surface area contributed by atoms with Crippen LogP contribution in [0.15, 0.2) is 48.6 Å². The molecule has 0 spiro atoms. The van der Waals surface area contributed by atoms with Crippen LogP contribution in [0.5, 0.6) is 0 Å². The molecule has 0 aliphatic heterocycles. The number of benzene rings is 1. The van der Waals surface area contributed by atoms with E-state index in [2.05, 4.69) is 62.4 Å². The summed E-state index contributed by atoms with van der Waals surface area (Å²) in [5.74, 6) is 1.91. The fourth-order valence-corrected chi connectivity index (χ4v) is 6.35. The van der Waals surface area contributed by atoms with Gasteiger partial charge in [0.15, 0.2) is 0 Å². The largest absolute Gasteiger partial charge is 0.0771 e. The highest BCUT2D eigenvalue weighted by molar-refractivity contribution is 5.75. The normalized spacial score (nSPS) is 25.6. The molecule has 1 unspecified atom stereocenters. The van der Waals surface area contributed by atoms with Crippen LogP contribution in [0.1, 0.15) is 129 Å². The van der Waals surface area contributed by atoms with E-state index in [0.717, 1.165) is 11.8 Å².